The van der Waals surface area contributed by atoms with E-state index in [2.05, 4.69) is 29.7 Å². The molecule has 1 aliphatic rings. The van der Waals surface area contributed by atoms with Gasteiger partial charge in [0.1, 0.15) is 11.8 Å². The number of hydrogen-bond donors (Lipinski definition) is 2. The van der Waals surface area contributed by atoms with Crippen molar-refractivity contribution in [2.24, 2.45) is 16.9 Å². The van der Waals surface area contributed by atoms with Crippen LogP contribution >= 0.6 is 12.2 Å². The summed E-state index contributed by atoms with van der Waals surface area (Å²) in [6.07, 6.45) is 5.40. The summed E-state index contributed by atoms with van der Waals surface area (Å²) in [6.45, 7) is 4.63. The Bertz CT molecular complexity index is 608. The largest absolute Gasteiger partial charge is 0.479 e. The molecule has 0 spiro atoms. The number of benzene rings is 1. The van der Waals surface area contributed by atoms with E-state index in [-0.39, 0.29) is 6.61 Å². The molecule has 6 heteroatoms. The third-order valence-electron chi connectivity index (χ3n) is 4.59. The number of nitrogens with zero attached hydrogens (tertiary/aromatic N) is 2. The minimum Gasteiger partial charge on any atom is -0.479 e. The van der Waals surface area contributed by atoms with Gasteiger partial charge in [0.15, 0.2) is 11.7 Å². The molecule has 3 atom stereocenters. The third-order valence-corrected chi connectivity index (χ3v) is 4.80. The smallest absolute Gasteiger partial charge is 0.187 e. The van der Waals surface area contributed by atoms with Crippen LogP contribution in [-0.4, -0.2) is 24.0 Å². The standard InChI is InChI=1S/C18H24N4OS/c1-13-4-3-5-17(14(13)2)21-18(24)22-20-12-15-6-8-16(9-7-15)23-11-10-19/h6-9,12-14,17H,3-5,11H2,1-2H3,(H2,21,22,24)/b20-12-/t13-,14-,17+/m1/s1. The first-order valence-electron chi connectivity index (χ1n) is 8.29. The topological polar surface area (TPSA) is 69.4 Å². The van der Waals surface area contributed by atoms with Gasteiger partial charge in [-0.15, -0.1) is 0 Å². The lowest BCUT2D eigenvalue weighted by Gasteiger charge is -2.35. The molecular formula is C18H24N4OS. The van der Waals surface area contributed by atoms with E-state index in [1.54, 1.807) is 18.3 Å². The zero-order valence-corrected chi connectivity index (χ0v) is 15.0. The van der Waals surface area contributed by atoms with Crippen LogP contribution in [0.3, 0.4) is 0 Å². The van der Waals surface area contributed by atoms with Crippen LogP contribution in [0.25, 0.3) is 0 Å². The van der Waals surface area contributed by atoms with Crippen molar-refractivity contribution in [3.63, 3.8) is 0 Å². The SMILES string of the molecule is C[C@@H]1[C@H](C)CCC[C@@H]1NC(=S)N/N=C\c1ccc(OCC#N)cc1. The summed E-state index contributed by atoms with van der Waals surface area (Å²) in [5.41, 5.74) is 3.80. The first-order valence-corrected chi connectivity index (χ1v) is 8.70. The van der Waals surface area contributed by atoms with Gasteiger partial charge in [-0.3, -0.25) is 5.43 Å². The van der Waals surface area contributed by atoms with Gasteiger partial charge >= 0.3 is 0 Å². The molecule has 0 heterocycles. The molecule has 0 radical (unpaired) electrons. The lowest BCUT2D eigenvalue weighted by atomic mass is 9.78. The van der Waals surface area contributed by atoms with Crippen LogP contribution < -0.4 is 15.5 Å². The fourth-order valence-electron chi connectivity index (χ4n) is 2.92. The van der Waals surface area contributed by atoms with Gasteiger partial charge in [0.2, 0.25) is 0 Å². The lowest BCUT2D eigenvalue weighted by Crippen LogP contribution is -2.46. The highest BCUT2D eigenvalue weighted by atomic mass is 32.1. The van der Waals surface area contributed by atoms with Crippen LogP contribution in [-0.2, 0) is 0 Å². The van der Waals surface area contributed by atoms with Crippen molar-refractivity contribution in [1.82, 2.24) is 10.7 Å². The zero-order chi connectivity index (χ0) is 17.4. The number of rotatable bonds is 5. The van der Waals surface area contributed by atoms with E-state index in [0.717, 1.165) is 17.9 Å². The second-order valence-electron chi connectivity index (χ2n) is 6.23. The molecule has 0 aromatic heterocycles. The monoisotopic (exact) mass is 344 g/mol. The molecule has 1 saturated carbocycles. The van der Waals surface area contributed by atoms with Gasteiger partial charge in [-0.2, -0.15) is 10.4 Å². The molecule has 2 rings (SSSR count). The van der Waals surface area contributed by atoms with Crippen LogP contribution in [0, 0.1) is 23.2 Å². The van der Waals surface area contributed by atoms with Crippen LogP contribution in [0.5, 0.6) is 5.75 Å². The predicted octanol–water partition coefficient (Wildman–Crippen LogP) is 3.21. The summed E-state index contributed by atoms with van der Waals surface area (Å²) in [5.74, 6) is 2.01. The molecule has 5 nitrogen and oxygen atoms in total. The predicted molar refractivity (Wildman–Crippen MR) is 100.0 cm³/mol. The number of hydrogen-bond acceptors (Lipinski definition) is 4. The van der Waals surface area contributed by atoms with Crippen molar-refractivity contribution in [1.29, 1.82) is 5.26 Å². The van der Waals surface area contributed by atoms with Crippen LogP contribution in [0.2, 0.25) is 0 Å². The van der Waals surface area contributed by atoms with Gasteiger partial charge in [0.05, 0.1) is 6.21 Å². The van der Waals surface area contributed by atoms with Gasteiger partial charge in [0.25, 0.3) is 0 Å². The zero-order valence-electron chi connectivity index (χ0n) is 14.2. The van der Waals surface area contributed by atoms with Crippen molar-refractivity contribution in [3.05, 3.63) is 29.8 Å². The highest BCUT2D eigenvalue weighted by Crippen LogP contribution is 2.29. The summed E-state index contributed by atoms with van der Waals surface area (Å²) >= 11 is 5.32. The van der Waals surface area contributed by atoms with Crippen LogP contribution in [0.15, 0.2) is 29.4 Å². The van der Waals surface area contributed by atoms with Gasteiger partial charge in [-0.05, 0) is 60.3 Å². The fraction of sp³-hybridized carbons (Fsp3) is 0.500. The summed E-state index contributed by atoms with van der Waals surface area (Å²) in [7, 11) is 0. The maximum atomic E-state index is 8.48. The van der Waals surface area contributed by atoms with Crippen molar-refractivity contribution in [2.75, 3.05) is 6.61 Å². The Morgan fingerprint density at radius 1 is 1.38 bits per heavy atom. The van der Waals surface area contributed by atoms with Gasteiger partial charge < -0.3 is 10.1 Å². The van der Waals surface area contributed by atoms with E-state index < -0.39 is 0 Å². The second kappa shape index (κ2) is 9.24. The van der Waals surface area contributed by atoms with Crippen molar-refractivity contribution < 1.29 is 4.74 Å². The summed E-state index contributed by atoms with van der Waals surface area (Å²) in [4.78, 5) is 0. The van der Waals surface area contributed by atoms with Crippen LogP contribution in [0.4, 0.5) is 0 Å². The van der Waals surface area contributed by atoms with E-state index in [9.17, 15) is 0 Å². The van der Waals surface area contributed by atoms with E-state index >= 15 is 0 Å². The lowest BCUT2D eigenvalue weighted by molar-refractivity contribution is 0.224. The van der Waals surface area contributed by atoms with Crippen LogP contribution in [0.1, 0.15) is 38.7 Å². The van der Waals surface area contributed by atoms with E-state index in [4.69, 9.17) is 22.2 Å². The molecule has 0 saturated heterocycles. The Labute approximate surface area is 149 Å². The Morgan fingerprint density at radius 2 is 2.12 bits per heavy atom. The Kier molecular flexibility index (Phi) is 7.01. The molecule has 0 bridgehead atoms. The summed E-state index contributed by atoms with van der Waals surface area (Å²) in [5, 5.41) is 16.6. The molecule has 0 unspecified atom stereocenters. The first kappa shape index (κ1) is 18.2. The number of nitrogens with one attached hydrogen (secondary N) is 2. The number of thiocarbonyl (C=S) groups is 1. The molecule has 0 aliphatic heterocycles. The summed E-state index contributed by atoms with van der Waals surface area (Å²) < 4.78 is 5.20. The minimum atomic E-state index is 0.0487. The van der Waals surface area contributed by atoms with Gasteiger partial charge in [0, 0.05) is 6.04 Å². The Morgan fingerprint density at radius 3 is 2.83 bits per heavy atom. The Balaban J connectivity index is 1.78. The molecule has 2 N–H and O–H groups in total. The molecule has 1 fully saturated rings. The third kappa shape index (κ3) is 5.50. The quantitative estimate of drug-likeness (QED) is 0.488. The molecule has 24 heavy (non-hydrogen) atoms. The first-order chi connectivity index (χ1) is 11.6. The average Bonchev–Trinajstić information content (AvgIpc) is 2.58. The normalized spacial score (nSPS) is 23.5. The maximum Gasteiger partial charge on any atom is 0.187 e. The van der Waals surface area contributed by atoms with Gasteiger partial charge in [-0.1, -0.05) is 26.7 Å². The summed E-state index contributed by atoms with van der Waals surface area (Å²) in [6, 6.07) is 9.71. The average molecular weight is 344 g/mol. The molecule has 1 aromatic rings. The number of hydrazone groups is 1. The van der Waals surface area contributed by atoms with E-state index in [1.165, 1.54) is 12.8 Å². The maximum absolute atomic E-state index is 8.48. The number of ether oxygens (including phenoxy) is 1. The van der Waals surface area contributed by atoms with Crippen molar-refractivity contribution >= 4 is 23.5 Å². The molecule has 1 aliphatic carbocycles. The van der Waals surface area contributed by atoms with E-state index in [0.29, 0.717) is 22.8 Å². The number of nitriles is 1. The molecule has 1 aromatic carbocycles. The minimum absolute atomic E-state index is 0.0487. The fourth-order valence-corrected chi connectivity index (χ4v) is 3.12. The van der Waals surface area contributed by atoms with Crippen molar-refractivity contribution in [3.8, 4) is 11.8 Å². The van der Waals surface area contributed by atoms with E-state index in [1.807, 2.05) is 18.2 Å². The Hall–Kier alpha value is -2.13. The highest BCUT2D eigenvalue weighted by Gasteiger charge is 2.27. The molecule has 0 amide bonds. The molecule has 128 valence electrons. The van der Waals surface area contributed by atoms with Crippen molar-refractivity contribution in [2.45, 2.75) is 39.2 Å². The molecular weight excluding hydrogens is 320 g/mol. The highest BCUT2D eigenvalue weighted by molar-refractivity contribution is 7.80. The van der Waals surface area contributed by atoms with Gasteiger partial charge in [-0.25, -0.2) is 0 Å². The second-order valence-corrected chi connectivity index (χ2v) is 6.64.